The second-order valence-electron chi connectivity index (χ2n) is 4.57. The Morgan fingerprint density at radius 2 is 1.91 bits per heavy atom. The molecular weight excluding hydrogens is 353 g/mol. The Bertz CT molecular complexity index is 777. The Morgan fingerprint density at radius 3 is 2.52 bits per heavy atom. The van der Waals surface area contributed by atoms with Gasteiger partial charge in [-0.2, -0.15) is 0 Å². The van der Waals surface area contributed by atoms with E-state index in [2.05, 4.69) is 15.6 Å². The van der Waals surface area contributed by atoms with Crippen molar-refractivity contribution in [3.8, 4) is 0 Å². The smallest absolute Gasteiger partial charge is 0.139 e. The van der Waals surface area contributed by atoms with Crippen molar-refractivity contribution in [1.82, 2.24) is 14.9 Å². The molecule has 0 unspecified atom stereocenters. The van der Waals surface area contributed by atoms with Gasteiger partial charge in [0.2, 0.25) is 0 Å². The summed E-state index contributed by atoms with van der Waals surface area (Å²) < 4.78 is 0. The van der Waals surface area contributed by atoms with Crippen LogP contribution in [0.15, 0.2) is 60.0 Å². The topological polar surface area (TPSA) is 46.0 Å². The minimum absolute atomic E-state index is 0.527. The Kier molecular flexibility index (Phi) is 4.95. The zero-order chi connectivity index (χ0) is 16.2. The fourth-order valence-corrected chi connectivity index (χ4v) is 2.91. The second-order valence-corrected chi connectivity index (χ2v) is 6.29. The van der Waals surface area contributed by atoms with Gasteiger partial charge in [0.1, 0.15) is 12.7 Å². The maximum atomic E-state index is 6.36. The normalized spacial score (nSPS) is 10.6. The van der Waals surface area contributed by atoms with Gasteiger partial charge in [-0.25, -0.2) is 15.5 Å². The molecule has 0 saturated heterocycles. The lowest BCUT2D eigenvalue weighted by Gasteiger charge is -2.26. The number of halogens is 2. The van der Waals surface area contributed by atoms with Gasteiger partial charge in [0.25, 0.3) is 0 Å². The van der Waals surface area contributed by atoms with Crippen LogP contribution in [0.1, 0.15) is 0 Å². The van der Waals surface area contributed by atoms with Gasteiger partial charge in [0.05, 0.1) is 16.4 Å². The molecule has 1 heterocycles. The Hall–Kier alpha value is -1.89. The average Bonchev–Trinajstić information content (AvgIpc) is 3.07. The van der Waals surface area contributed by atoms with Gasteiger partial charge in [-0.05, 0) is 48.7 Å². The molecule has 0 spiro atoms. The summed E-state index contributed by atoms with van der Waals surface area (Å²) in [7, 11) is 0. The number of aromatic nitrogens is 3. The molecule has 2 aromatic carbocycles. The van der Waals surface area contributed by atoms with Gasteiger partial charge in [-0.3, -0.25) is 0 Å². The van der Waals surface area contributed by atoms with E-state index < -0.39 is 0 Å². The molecular formula is C15H13Cl2N5S. The summed E-state index contributed by atoms with van der Waals surface area (Å²) in [5.74, 6) is 0. The fraction of sp³-hybridized carbons (Fsp3) is 0.0667. The Balaban J connectivity index is 2.01. The minimum Gasteiger partial charge on any atom is -0.239 e. The largest absolute Gasteiger partial charge is 0.239 e. The molecule has 8 heteroatoms. The zero-order valence-electron chi connectivity index (χ0n) is 12.1. The fourth-order valence-electron chi connectivity index (χ4n) is 2.01. The zero-order valence-corrected chi connectivity index (χ0v) is 14.5. The molecule has 0 aliphatic rings. The summed E-state index contributed by atoms with van der Waals surface area (Å²) in [4.78, 5) is 6.60. The molecule has 0 aliphatic heterocycles. The summed E-state index contributed by atoms with van der Waals surface area (Å²) in [6, 6.07) is 13.4. The van der Waals surface area contributed by atoms with Gasteiger partial charge in [-0.1, -0.05) is 23.2 Å². The maximum absolute atomic E-state index is 6.36. The molecule has 0 radical (unpaired) electrons. The van der Waals surface area contributed by atoms with E-state index in [1.165, 1.54) is 16.0 Å². The number of hydrazine groups is 1. The first-order valence-electron chi connectivity index (χ1n) is 6.68. The highest BCUT2D eigenvalue weighted by atomic mass is 35.5. The quantitative estimate of drug-likeness (QED) is 0.528. The number of benzene rings is 2. The molecule has 1 N–H and O–H groups in total. The third kappa shape index (κ3) is 3.72. The molecule has 118 valence electrons. The number of nitrogens with one attached hydrogen (secondary N) is 1. The van der Waals surface area contributed by atoms with Crippen molar-refractivity contribution in [2.75, 3.05) is 16.8 Å². The van der Waals surface area contributed by atoms with Crippen LogP contribution in [0, 0.1) is 0 Å². The van der Waals surface area contributed by atoms with Crippen LogP contribution in [-0.2, 0) is 0 Å². The van der Waals surface area contributed by atoms with Gasteiger partial charge in [0, 0.05) is 9.92 Å². The van der Waals surface area contributed by atoms with Crippen molar-refractivity contribution >= 4 is 46.3 Å². The number of hydrogen-bond acceptors (Lipinski definition) is 5. The summed E-state index contributed by atoms with van der Waals surface area (Å²) in [6.45, 7) is 0. The van der Waals surface area contributed by atoms with Gasteiger partial charge in [0.15, 0.2) is 0 Å². The Morgan fingerprint density at radius 1 is 1.13 bits per heavy atom. The van der Waals surface area contributed by atoms with Crippen LogP contribution in [0.2, 0.25) is 10.0 Å². The molecule has 0 fully saturated rings. The molecule has 23 heavy (non-hydrogen) atoms. The lowest BCUT2D eigenvalue weighted by molar-refractivity contribution is 0.736. The van der Waals surface area contributed by atoms with E-state index >= 15 is 0 Å². The van der Waals surface area contributed by atoms with E-state index in [1.807, 2.05) is 41.6 Å². The lowest BCUT2D eigenvalue weighted by atomic mass is 10.2. The van der Waals surface area contributed by atoms with E-state index in [9.17, 15) is 0 Å². The number of nitrogens with zero attached hydrogens (tertiary/aromatic N) is 4. The van der Waals surface area contributed by atoms with E-state index in [0.29, 0.717) is 10.0 Å². The predicted octanol–water partition coefficient (Wildman–Crippen LogP) is 4.60. The van der Waals surface area contributed by atoms with E-state index in [4.69, 9.17) is 23.2 Å². The predicted molar refractivity (Wildman–Crippen MR) is 96.2 cm³/mol. The molecule has 3 aromatic rings. The molecule has 0 amide bonds. The highest BCUT2D eigenvalue weighted by molar-refractivity contribution is 7.98. The third-order valence-corrected chi connectivity index (χ3v) is 4.38. The number of rotatable bonds is 5. The van der Waals surface area contributed by atoms with Crippen LogP contribution in [0.5, 0.6) is 0 Å². The number of thioether (sulfide) groups is 1. The van der Waals surface area contributed by atoms with Gasteiger partial charge < -0.3 is 0 Å². The SMILES string of the molecule is CSc1ccc(N(Nn2cncn2)c2ccc(Cl)cc2Cl)cc1. The van der Waals surface area contributed by atoms with Crippen molar-refractivity contribution in [1.29, 1.82) is 0 Å². The second kappa shape index (κ2) is 7.12. The van der Waals surface area contributed by atoms with Crippen LogP contribution in [0.3, 0.4) is 0 Å². The van der Waals surface area contributed by atoms with E-state index in [1.54, 1.807) is 30.2 Å². The van der Waals surface area contributed by atoms with Crippen LogP contribution < -0.4 is 10.5 Å². The number of anilines is 2. The van der Waals surface area contributed by atoms with Crippen molar-refractivity contribution in [2.45, 2.75) is 4.90 Å². The van der Waals surface area contributed by atoms with Crippen LogP contribution >= 0.6 is 35.0 Å². The first-order chi connectivity index (χ1) is 11.2. The standard InChI is InChI=1S/C15H13Cl2N5S/c1-23-13-5-3-12(4-6-13)22(20-21-10-18-9-19-21)15-7-2-11(16)8-14(15)17/h2-10,20H,1H3. The van der Waals surface area contributed by atoms with Crippen LogP contribution in [-0.4, -0.2) is 21.1 Å². The van der Waals surface area contributed by atoms with E-state index in [0.717, 1.165) is 11.4 Å². The molecule has 1 aromatic heterocycles. The van der Waals surface area contributed by atoms with Crippen LogP contribution in [0.4, 0.5) is 11.4 Å². The van der Waals surface area contributed by atoms with Crippen molar-refractivity contribution in [2.24, 2.45) is 0 Å². The Labute approximate surface area is 148 Å². The maximum Gasteiger partial charge on any atom is 0.139 e. The lowest BCUT2D eigenvalue weighted by Crippen LogP contribution is -2.32. The average molecular weight is 366 g/mol. The molecule has 0 bridgehead atoms. The molecule has 0 atom stereocenters. The third-order valence-electron chi connectivity index (χ3n) is 3.10. The van der Waals surface area contributed by atoms with E-state index in [-0.39, 0.29) is 0 Å². The van der Waals surface area contributed by atoms with Gasteiger partial charge in [-0.15, -0.1) is 21.7 Å². The highest BCUT2D eigenvalue weighted by Gasteiger charge is 2.14. The van der Waals surface area contributed by atoms with Crippen molar-refractivity contribution in [3.63, 3.8) is 0 Å². The number of hydrogen-bond donors (Lipinski definition) is 1. The van der Waals surface area contributed by atoms with Crippen molar-refractivity contribution < 1.29 is 0 Å². The first kappa shape index (κ1) is 16.0. The summed E-state index contributed by atoms with van der Waals surface area (Å²) in [5.41, 5.74) is 4.79. The monoisotopic (exact) mass is 365 g/mol. The van der Waals surface area contributed by atoms with Gasteiger partial charge >= 0.3 is 0 Å². The minimum atomic E-state index is 0.527. The summed E-state index contributed by atoms with van der Waals surface area (Å²) in [5, 5.41) is 6.99. The first-order valence-corrected chi connectivity index (χ1v) is 8.66. The molecule has 0 aliphatic carbocycles. The summed E-state index contributed by atoms with van der Waals surface area (Å²) in [6.07, 6.45) is 5.05. The molecule has 0 saturated carbocycles. The van der Waals surface area contributed by atoms with Crippen molar-refractivity contribution in [3.05, 3.63) is 65.2 Å². The summed E-state index contributed by atoms with van der Waals surface area (Å²) >= 11 is 14.0. The molecule has 3 rings (SSSR count). The van der Waals surface area contributed by atoms with Crippen LogP contribution in [0.25, 0.3) is 0 Å². The highest BCUT2D eigenvalue weighted by Crippen LogP contribution is 2.33. The molecule has 5 nitrogen and oxygen atoms in total.